The van der Waals surface area contributed by atoms with E-state index in [9.17, 15) is 4.79 Å². The molecule has 1 N–H and O–H groups in total. The number of rotatable bonds is 10. The minimum absolute atomic E-state index is 0.0559. The van der Waals surface area contributed by atoms with Gasteiger partial charge in [0.15, 0.2) is 11.5 Å². The summed E-state index contributed by atoms with van der Waals surface area (Å²) in [6, 6.07) is 8.01. The lowest BCUT2D eigenvalue weighted by Crippen LogP contribution is -2.43. The number of aromatic nitrogens is 4. The summed E-state index contributed by atoms with van der Waals surface area (Å²) < 4.78 is 12.5. The van der Waals surface area contributed by atoms with Gasteiger partial charge in [-0.25, -0.2) is 9.97 Å². The van der Waals surface area contributed by atoms with Gasteiger partial charge in [-0.3, -0.25) is 9.36 Å². The van der Waals surface area contributed by atoms with Crippen LogP contribution in [0.1, 0.15) is 56.7 Å². The number of benzene rings is 1. The average molecular weight is 493 g/mol. The van der Waals surface area contributed by atoms with Gasteiger partial charge in [0.05, 0.1) is 19.9 Å². The second-order valence-corrected chi connectivity index (χ2v) is 9.41. The molecule has 1 fully saturated rings. The molecule has 1 amide bonds. The Kier molecular flexibility index (Phi) is 8.40. The van der Waals surface area contributed by atoms with E-state index in [4.69, 9.17) is 19.4 Å². The third kappa shape index (κ3) is 6.13. The number of carbonyl (C=O) groups is 1. The van der Waals surface area contributed by atoms with E-state index in [1.54, 1.807) is 26.7 Å². The quantitative estimate of drug-likeness (QED) is 0.459. The number of piperidine rings is 1. The maximum Gasteiger partial charge on any atom is 0.237 e. The van der Waals surface area contributed by atoms with Gasteiger partial charge in [0, 0.05) is 44.0 Å². The number of imidazole rings is 1. The van der Waals surface area contributed by atoms with E-state index in [1.807, 2.05) is 29.0 Å². The molecule has 0 spiro atoms. The molecule has 3 aromatic rings. The molecule has 3 heterocycles. The minimum Gasteiger partial charge on any atom is -0.493 e. The van der Waals surface area contributed by atoms with Crippen molar-refractivity contribution in [2.75, 3.05) is 32.2 Å². The van der Waals surface area contributed by atoms with Crippen molar-refractivity contribution in [1.82, 2.24) is 24.8 Å². The van der Waals surface area contributed by atoms with Crippen molar-refractivity contribution in [3.8, 4) is 17.4 Å². The molecular formula is C27H36N6O3. The molecule has 0 bridgehead atoms. The van der Waals surface area contributed by atoms with E-state index < -0.39 is 0 Å². The number of amides is 1. The zero-order valence-corrected chi connectivity index (χ0v) is 21.6. The van der Waals surface area contributed by atoms with Crippen LogP contribution >= 0.6 is 0 Å². The maximum atomic E-state index is 12.9. The van der Waals surface area contributed by atoms with Crippen LogP contribution < -0.4 is 19.7 Å². The van der Waals surface area contributed by atoms with Gasteiger partial charge in [-0.15, -0.1) is 0 Å². The first kappa shape index (κ1) is 25.5. The van der Waals surface area contributed by atoms with Gasteiger partial charge in [0.2, 0.25) is 11.9 Å². The highest BCUT2D eigenvalue weighted by atomic mass is 16.5. The summed E-state index contributed by atoms with van der Waals surface area (Å²) in [6.07, 6.45) is 9.60. The summed E-state index contributed by atoms with van der Waals surface area (Å²) in [5.74, 6) is 3.19. The fourth-order valence-electron chi connectivity index (χ4n) is 4.56. The maximum absolute atomic E-state index is 12.9. The van der Waals surface area contributed by atoms with Crippen LogP contribution in [0.4, 0.5) is 5.82 Å². The summed E-state index contributed by atoms with van der Waals surface area (Å²) in [5.41, 5.74) is 2.06. The summed E-state index contributed by atoms with van der Waals surface area (Å²) >= 11 is 0. The predicted octanol–water partition coefficient (Wildman–Crippen LogP) is 3.91. The van der Waals surface area contributed by atoms with Gasteiger partial charge < -0.3 is 19.7 Å². The number of ether oxygens (including phenoxy) is 2. The third-order valence-electron chi connectivity index (χ3n) is 6.57. The molecule has 2 aromatic heterocycles. The molecule has 9 heteroatoms. The van der Waals surface area contributed by atoms with Crippen molar-refractivity contribution < 1.29 is 14.3 Å². The number of hydrogen-bond acceptors (Lipinski definition) is 7. The van der Waals surface area contributed by atoms with Crippen LogP contribution in [0.2, 0.25) is 0 Å². The van der Waals surface area contributed by atoms with Crippen molar-refractivity contribution in [2.24, 2.45) is 0 Å². The first-order chi connectivity index (χ1) is 17.5. The zero-order valence-electron chi connectivity index (χ0n) is 21.6. The molecule has 9 nitrogen and oxygen atoms in total. The molecule has 1 saturated heterocycles. The van der Waals surface area contributed by atoms with Crippen LogP contribution in [0, 0.1) is 0 Å². The molecule has 36 heavy (non-hydrogen) atoms. The van der Waals surface area contributed by atoms with Gasteiger partial charge in [0.25, 0.3) is 0 Å². The summed E-state index contributed by atoms with van der Waals surface area (Å²) in [7, 11) is 3.25. The Bertz CT molecular complexity index is 1150. The van der Waals surface area contributed by atoms with Crippen molar-refractivity contribution >= 4 is 11.7 Å². The Balaban J connectivity index is 1.42. The molecule has 1 atom stereocenters. The Labute approximate surface area is 212 Å². The number of nitrogens with zero attached hydrogens (tertiary/aromatic N) is 5. The first-order valence-electron chi connectivity index (χ1n) is 12.6. The number of nitrogens with one attached hydrogen (secondary N) is 1. The third-order valence-corrected chi connectivity index (χ3v) is 6.57. The van der Waals surface area contributed by atoms with E-state index in [0.717, 1.165) is 49.3 Å². The van der Waals surface area contributed by atoms with Crippen molar-refractivity contribution in [3.63, 3.8) is 0 Å². The first-order valence-corrected chi connectivity index (χ1v) is 12.6. The smallest absolute Gasteiger partial charge is 0.237 e. The van der Waals surface area contributed by atoms with Crippen LogP contribution in [-0.4, -0.2) is 58.8 Å². The monoisotopic (exact) mass is 492 g/mol. The summed E-state index contributed by atoms with van der Waals surface area (Å²) in [5, 5.41) is 3.10. The van der Waals surface area contributed by atoms with Gasteiger partial charge >= 0.3 is 0 Å². The van der Waals surface area contributed by atoms with E-state index in [0.29, 0.717) is 30.4 Å². The Morgan fingerprint density at radius 1 is 1.14 bits per heavy atom. The lowest BCUT2D eigenvalue weighted by molar-refractivity contribution is -0.121. The number of hydrogen-bond donors (Lipinski definition) is 1. The van der Waals surface area contributed by atoms with Crippen LogP contribution in [0.15, 0.2) is 43.0 Å². The van der Waals surface area contributed by atoms with E-state index in [-0.39, 0.29) is 17.9 Å². The van der Waals surface area contributed by atoms with Crippen LogP contribution in [0.3, 0.4) is 0 Å². The minimum atomic E-state index is 0.0559. The molecule has 192 valence electrons. The van der Waals surface area contributed by atoms with Crippen LogP contribution in [0.25, 0.3) is 5.95 Å². The Hall–Kier alpha value is -3.62. The topological polar surface area (TPSA) is 94.4 Å². The van der Waals surface area contributed by atoms with E-state index in [1.165, 1.54) is 0 Å². The standard InChI is InChI=1S/C27H36N6O3/c1-19(2)22-17-25(31-27(30-22)32-14-12-28-18-32)33-13-6-5-7-21(33)16-26(34)29-11-10-20-8-9-23(35-3)24(15-20)36-4/h8-9,12,14-15,17-19,21H,5-7,10-11,13,16H2,1-4H3,(H,29,34). The highest BCUT2D eigenvalue weighted by Crippen LogP contribution is 2.29. The normalized spacial score (nSPS) is 15.7. The summed E-state index contributed by atoms with van der Waals surface area (Å²) in [6.45, 7) is 5.70. The van der Waals surface area contributed by atoms with Gasteiger partial charge in [-0.2, -0.15) is 4.98 Å². The molecular weight excluding hydrogens is 456 g/mol. The summed E-state index contributed by atoms with van der Waals surface area (Å²) in [4.78, 5) is 28.9. The van der Waals surface area contributed by atoms with Crippen molar-refractivity contribution in [1.29, 1.82) is 0 Å². The second-order valence-electron chi connectivity index (χ2n) is 9.41. The molecule has 0 saturated carbocycles. The molecule has 1 aliphatic rings. The zero-order chi connectivity index (χ0) is 25.5. The largest absolute Gasteiger partial charge is 0.493 e. The fraction of sp³-hybridized carbons (Fsp3) is 0.481. The van der Waals surface area contributed by atoms with Crippen molar-refractivity contribution in [2.45, 2.75) is 57.9 Å². The molecule has 0 aliphatic carbocycles. The lowest BCUT2D eigenvalue weighted by atomic mass is 9.98. The molecule has 1 aliphatic heterocycles. The van der Waals surface area contributed by atoms with Gasteiger partial charge in [0.1, 0.15) is 12.1 Å². The lowest BCUT2D eigenvalue weighted by Gasteiger charge is -2.36. The molecule has 1 aromatic carbocycles. The average Bonchev–Trinajstić information content (AvgIpc) is 3.44. The van der Waals surface area contributed by atoms with Crippen LogP contribution in [0.5, 0.6) is 11.5 Å². The van der Waals surface area contributed by atoms with E-state index >= 15 is 0 Å². The predicted molar refractivity (Wildman–Crippen MR) is 139 cm³/mol. The Morgan fingerprint density at radius 2 is 1.97 bits per heavy atom. The van der Waals surface area contributed by atoms with Crippen molar-refractivity contribution in [3.05, 3.63) is 54.2 Å². The highest BCUT2D eigenvalue weighted by Gasteiger charge is 2.27. The SMILES string of the molecule is COc1ccc(CCNC(=O)CC2CCCCN2c2cc(C(C)C)nc(-n3ccnc3)n2)cc1OC. The Morgan fingerprint density at radius 3 is 2.69 bits per heavy atom. The van der Waals surface area contributed by atoms with Gasteiger partial charge in [-0.05, 0) is 49.3 Å². The fourth-order valence-corrected chi connectivity index (χ4v) is 4.56. The van der Waals surface area contributed by atoms with Gasteiger partial charge in [-0.1, -0.05) is 19.9 Å². The van der Waals surface area contributed by atoms with Crippen LogP contribution in [-0.2, 0) is 11.2 Å². The highest BCUT2D eigenvalue weighted by molar-refractivity contribution is 5.77. The van der Waals surface area contributed by atoms with E-state index in [2.05, 4.69) is 35.1 Å². The molecule has 4 rings (SSSR count). The molecule has 0 radical (unpaired) electrons. The number of methoxy groups -OCH3 is 2. The molecule has 1 unspecified atom stereocenters. The number of anilines is 1. The number of carbonyl (C=O) groups excluding carboxylic acids is 1. The second kappa shape index (κ2) is 11.9.